The molecule has 0 saturated carbocycles. The second-order valence-corrected chi connectivity index (χ2v) is 18.6. The molecule has 0 amide bonds. The van der Waals surface area contributed by atoms with Crippen LogP contribution in [0.5, 0.6) is 0 Å². The van der Waals surface area contributed by atoms with Gasteiger partial charge < -0.3 is 4.90 Å². The fraction of sp³-hybridized carbons (Fsp3) is 0.0312. The molecular formula is C64H43NS. The van der Waals surface area contributed by atoms with Crippen molar-refractivity contribution in [3.05, 3.63) is 265 Å². The molecule has 11 aromatic rings. The average Bonchev–Trinajstić information content (AvgIpc) is 4.00. The van der Waals surface area contributed by atoms with Crippen LogP contribution in [0.3, 0.4) is 0 Å². The van der Waals surface area contributed by atoms with Crippen LogP contribution >= 0.6 is 11.3 Å². The SMILES string of the molecule is C=CC1=C(/C=C\C)C2(c3ccccc31)c1ccccc1-c1ccc(N(c3ccc(-c4ccc5c(ccc6ccccc65)c4)cc3)c3ccc(-c4cccc5c4sc4ccccc45)cc3)cc12. The van der Waals surface area contributed by atoms with Crippen LogP contribution in [-0.2, 0) is 5.41 Å². The van der Waals surface area contributed by atoms with E-state index in [1.165, 1.54) is 108 Å². The van der Waals surface area contributed by atoms with Crippen molar-refractivity contribution in [2.75, 3.05) is 4.90 Å². The van der Waals surface area contributed by atoms with Gasteiger partial charge in [-0.05, 0) is 144 Å². The predicted molar refractivity (Wildman–Crippen MR) is 284 cm³/mol. The summed E-state index contributed by atoms with van der Waals surface area (Å²) >= 11 is 1.88. The van der Waals surface area contributed by atoms with Crippen molar-refractivity contribution < 1.29 is 0 Å². The van der Waals surface area contributed by atoms with Crippen LogP contribution in [0.2, 0.25) is 0 Å². The lowest BCUT2D eigenvalue weighted by molar-refractivity contribution is 0.786. The van der Waals surface area contributed by atoms with E-state index in [1.54, 1.807) is 0 Å². The zero-order chi connectivity index (χ0) is 43.9. The Morgan fingerprint density at radius 3 is 1.82 bits per heavy atom. The minimum atomic E-state index is -0.502. The van der Waals surface area contributed by atoms with Gasteiger partial charge in [0, 0.05) is 37.2 Å². The Morgan fingerprint density at radius 1 is 0.439 bits per heavy atom. The van der Waals surface area contributed by atoms with Gasteiger partial charge in [-0.3, -0.25) is 0 Å². The normalized spacial score (nSPS) is 15.0. The van der Waals surface area contributed by atoms with E-state index in [-0.39, 0.29) is 0 Å². The van der Waals surface area contributed by atoms with E-state index >= 15 is 0 Å². The monoisotopic (exact) mass is 857 g/mol. The van der Waals surface area contributed by atoms with Gasteiger partial charge in [0.2, 0.25) is 0 Å². The van der Waals surface area contributed by atoms with Crippen molar-refractivity contribution in [3.63, 3.8) is 0 Å². The number of rotatable bonds is 7. The molecule has 66 heavy (non-hydrogen) atoms. The summed E-state index contributed by atoms with van der Waals surface area (Å²) in [7, 11) is 0. The molecule has 2 aliphatic rings. The lowest BCUT2D eigenvalue weighted by Gasteiger charge is -2.33. The highest BCUT2D eigenvalue weighted by Crippen LogP contribution is 2.63. The molecule has 0 fully saturated rings. The molecule has 1 nitrogen and oxygen atoms in total. The summed E-state index contributed by atoms with van der Waals surface area (Å²) < 4.78 is 2.64. The largest absolute Gasteiger partial charge is 0.310 e. The number of allylic oxidation sites excluding steroid dienone is 5. The van der Waals surface area contributed by atoms with Gasteiger partial charge in [-0.2, -0.15) is 0 Å². The van der Waals surface area contributed by atoms with Crippen LogP contribution in [-0.4, -0.2) is 0 Å². The van der Waals surface area contributed by atoms with Gasteiger partial charge in [0.05, 0.1) is 5.41 Å². The molecule has 2 aliphatic carbocycles. The van der Waals surface area contributed by atoms with Gasteiger partial charge in [0.25, 0.3) is 0 Å². The van der Waals surface area contributed by atoms with Gasteiger partial charge in [0.1, 0.15) is 0 Å². The number of fused-ring (bicyclic) bond motifs is 13. The van der Waals surface area contributed by atoms with Crippen molar-refractivity contribution >= 4 is 75.7 Å². The maximum atomic E-state index is 4.38. The van der Waals surface area contributed by atoms with Crippen LogP contribution in [0, 0.1) is 0 Å². The number of hydrogen-bond donors (Lipinski definition) is 0. The number of benzene rings is 10. The number of thiophene rings is 1. The third-order valence-electron chi connectivity index (χ3n) is 14.2. The Balaban J connectivity index is 0.981. The Morgan fingerprint density at radius 2 is 1.03 bits per heavy atom. The summed E-state index contributed by atoms with van der Waals surface area (Å²) in [5.74, 6) is 0. The molecule has 13 rings (SSSR count). The fourth-order valence-corrected chi connectivity index (χ4v) is 12.6. The van der Waals surface area contributed by atoms with Gasteiger partial charge >= 0.3 is 0 Å². The predicted octanol–water partition coefficient (Wildman–Crippen LogP) is 18.0. The van der Waals surface area contributed by atoms with Gasteiger partial charge in [-0.25, -0.2) is 0 Å². The second kappa shape index (κ2) is 15.0. The summed E-state index contributed by atoms with van der Waals surface area (Å²) in [6, 6.07) is 78.9. The van der Waals surface area contributed by atoms with Crippen LogP contribution < -0.4 is 4.90 Å². The first-order chi connectivity index (χ1) is 32.6. The minimum absolute atomic E-state index is 0.502. The first-order valence-electron chi connectivity index (χ1n) is 22.8. The first kappa shape index (κ1) is 38.4. The second-order valence-electron chi connectivity index (χ2n) is 17.5. The van der Waals surface area contributed by atoms with Gasteiger partial charge in [-0.1, -0.05) is 189 Å². The van der Waals surface area contributed by atoms with E-state index in [0.717, 1.165) is 17.1 Å². The molecule has 0 bridgehead atoms. The minimum Gasteiger partial charge on any atom is -0.310 e. The average molecular weight is 858 g/mol. The van der Waals surface area contributed by atoms with E-state index in [1.807, 2.05) is 11.3 Å². The maximum Gasteiger partial charge on any atom is 0.0726 e. The van der Waals surface area contributed by atoms with Crippen molar-refractivity contribution in [3.8, 4) is 33.4 Å². The molecule has 0 radical (unpaired) electrons. The molecule has 2 heteroatoms. The van der Waals surface area contributed by atoms with Crippen LogP contribution in [0.15, 0.2) is 243 Å². The highest BCUT2D eigenvalue weighted by molar-refractivity contribution is 7.26. The van der Waals surface area contributed by atoms with Crippen molar-refractivity contribution in [2.24, 2.45) is 0 Å². The highest BCUT2D eigenvalue weighted by atomic mass is 32.1. The third kappa shape index (κ3) is 5.59. The van der Waals surface area contributed by atoms with Crippen LogP contribution in [0.25, 0.3) is 80.7 Å². The Labute approximate surface area is 389 Å². The summed E-state index contributed by atoms with van der Waals surface area (Å²) in [6.07, 6.45) is 6.56. The summed E-state index contributed by atoms with van der Waals surface area (Å²) in [5.41, 5.74) is 17.8. The number of anilines is 3. The summed E-state index contributed by atoms with van der Waals surface area (Å²) in [4.78, 5) is 2.44. The Kier molecular flexibility index (Phi) is 8.75. The molecule has 0 aliphatic heterocycles. The zero-order valence-electron chi connectivity index (χ0n) is 36.5. The zero-order valence-corrected chi connectivity index (χ0v) is 37.3. The Bertz CT molecular complexity index is 3840. The van der Waals surface area contributed by atoms with Crippen molar-refractivity contribution in [1.29, 1.82) is 0 Å². The molecule has 1 unspecified atom stereocenters. The molecule has 1 spiro atoms. The van der Waals surface area contributed by atoms with E-state index < -0.39 is 5.41 Å². The third-order valence-corrected chi connectivity index (χ3v) is 15.4. The molecule has 1 atom stereocenters. The Hall–Kier alpha value is -8.04. The van der Waals surface area contributed by atoms with E-state index in [2.05, 4.69) is 249 Å². The van der Waals surface area contributed by atoms with Crippen LogP contribution in [0.1, 0.15) is 29.2 Å². The quantitative estimate of drug-likeness (QED) is 0.144. The van der Waals surface area contributed by atoms with E-state index in [0.29, 0.717) is 0 Å². The summed E-state index contributed by atoms with van der Waals surface area (Å²) in [5, 5.41) is 7.70. The number of hydrogen-bond acceptors (Lipinski definition) is 2. The summed E-state index contributed by atoms with van der Waals surface area (Å²) in [6.45, 7) is 6.50. The molecule has 1 heterocycles. The van der Waals surface area contributed by atoms with Gasteiger partial charge in [0.15, 0.2) is 0 Å². The van der Waals surface area contributed by atoms with Crippen molar-refractivity contribution in [2.45, 2.75) is 12.3 Å². The lowest BCUT2D eigenvalue weighted by atomic mass is 9.69. The molecule has 10 aromatic carbocycles. The van der Waals surface area contributed by atoms with Crippen LogP contribution in [0.4, 0.5) is 17.1 Å². The molecule has 310 valence electrons. The smallest absolute Gasteiger partial charge is 0.0726 e. The number of nitrogens with zero attached hydrogens (tertiary/aromatic N) is 1. The lowest BCUT2D eigenvalue weighted by Crippen LogP contribution is -2.27. The standard InChI is InChI=1S/C64H43NS/c1-3-14-58-49(4-2)53-17-7-10-22-59(53)64(58)60-23-11-8-18-54(60)55-38-36-48(40-61(55)64)65(47-34-29-43(30-35-47)52-20-13-21-57-56-19-9-12-24-62(56)66-63(52)57)46-32-27-41(28-33-46)44-31-37-51-45(39-44)26-25-42-15-5-6-16-50(42)51/h3-40H,2H2,1H3/b14-3-. The topological polar surface area (TPSA) is 3.24 Å². The maximum absolute atomic E-state index is 4.38. The van der Waals surface area contributed by atoms with Crippen molar-refractivity contribution in [1.82, 2.24) is 0 Å². The van der Waals surface area contributed by atoms with Gasteiger partial charge in [-0.15, -0.1) is 11.3 Å². The fourth-order valence-electron chi connectivity index (χ4n) is 11.3. The van der Waals surface area contributed by atoms with E-state index in [9.17, 15) is 0 Å². The first-order valence-corrected chi connectivity index (χ1v) is 23.6. The molecule has 0 saturated heterocycles. The highest BCUT2D eigenvalue weighted by Gasteiger charge is 2.52. The molecule has 1 aromatic heterocycles. The molecular weight excluding hydrogens is 815 g/mol. The van der Waals surface area contributed by atoms with E-state index in [4.69, 9.17) is 0 Å². The molecule has 0 N–H and O–H groups in total.